The predicted octanol–water partition coefficient (Wildman–Crippen LogP) is 3.44. The van der Waals surface area contributed by atoms with Crippen LogP contribution >= 0.6 is 0 Å². The van der Waals surface area contributed by atoms with Crippen LogP contribution in [0.25, 0.3) is 0 Å². The summed E-state index contributed by atoms with van der Waals surface area (Å²) >= 11 is 0. The fourth-order valence-corrected chi connectivity index (χ4v) is 3.17. The number of rotatable bonds is 10. The standard InChI is InChI=1S/C24H32N2O4/c1-17(2)24(28)26(16-20-9-7-6-8-10-20)18(3)23(27)25-14-13-19-11-12-21(29-4)22(15-19)30-5/h6-12,15,17-18H,13-14,16H2,1-5H3,(H,25,27)/t18-/m1/s1. The van der Waals surface area contributed by atoms with Gasteiger partial charge in [-0.05, 0) is 36.6 Å². The Bertz CT molecular complexity index is 836. The number of nitrogens with one attached hydrogen (secondary N) is 1. The van der Waals surface area contributed by atoms with Crippen molar-refractivity contribution in [2.24, 2.45) is 5.92 Å². The Morgan fingerprint density at radius 1 is 0.933 bits per heavy atom. The third-order valence-electron chi connectivity index (χ3n) is 4.98. The summed E-state index contributed by atoms with van der Waals surface area (Å²) in [5, 5.41) is 2.95. The van der Waals surface area contributed by atoms with Gasteiger partial charge in [-0.15, -0.1) is 0 Å². The van der Waals surface area contributed by atoms with E-state index in [9.17, 15) is 9.59 Å². The van der Waals surface area contributed by atoms with Crippen LogP contribution in [-0.4, -0.2) is 43.5 Å². The molecule has 2 aromatic carbocycles. The van der Waals surface area contributed by atoms with Crippen LogP contribution in [0, 0.1) is 5.92 Å². The molecule has 0 heterocycles. The Kier molecular flexibility index (Phi) is 8.71. The molecular formula is C24H32N2O4. The Balaban J connectivity index is 2.00. The molecule has 0 saturated heterocycles. The minimum Gasteiger partial charge on any atom is -0.493 e. The number of carbonyl (C=O) groups is 2. The van der Waals surface area contributed by atoms with Gasteiger partial charge in [0.15, 0.2) is 11.5 Å². The molecule has 0 bridgehead atoms. The quantitative estimate of drug-likeness (QED) is 0.649. The maximum absolute atomic E-state index is 12.8. The van der Waals surface area contributed by atoms with E-state index >= 15 is 0 Å². The summed E-state index contributed by atoms with van der Waals surface area (Å²) in [6.07, 6.45) is 0.648. The number of benzene rings is 2. The van der Waals surface area contributed by atoms with Gasteiger partial charge in [-0.2, -0.15) is 0 Å². The molecule has 0 saturated carbocycles. The van der Waals surface area contributed by atoms with E-state index < -0.39 is 6.04 Å². The number of hydrogen-bond donors (Lipinski definition) is 1. The average molecular weight is 413 g/mol. The van der Waals surface area contributed by atoms with Gasteiger partial charge in [-0.1, -0.05) is 50.2 Å². The minimum atomic E-state index is -0.564. The highest BCUT2D eigenvalue weighted by molar-refractivity contribution is 5.88. The van der Waals surface area contributed by atoms with Gasteiger partial charge in [-0.3, -0.25) is 9.59 Å². The first kappa shape index (κ1) is 23.3. The third-order valence-corrected chi connectivity index (χ3v) is 4.98. The fourth-order valence-electron chi connectivity index (χ4n) is 3.17. The lowest BCUT2D eigenvalue weighted by molar-refractivity contribution is -0.143. The van der Waals surface area contributed by atoms with Gasteiger partial charge >= 0.3 is 0 Å². The van der Waals surface area contributed by atoms with Crippen molar-refractivity contribution in [2.45, 2.75) is 39.8 Å². The van der Waals surface area contributed by atoms with Gasteiger partial charge in [0.2, 0.25) is 11.8 Å². The summed E-state index contributed by atoms with van der Waals surface area (Å²) in [5.41, 5.74) is 2.02. The molecule has 2 rings (SSSR count). The first-order chi connectivity index (χ1) is 14.4. The molecule has 2 amide bonds. The van der Waals surface area contributed by atoms with Gasteiger partial charge in [0.1, 0.15) is 6.04 Å². The summed E-state index contributed by atoms with van der Waals surface area (Å²) in [6, 6.07) is 14.8. The second-order valence-corrected chi connectivity index (χ2v) is 7.51. The van der Waals surface area contributed by atoms with Crippen LogP contribution in [0.3, 0.4) is 0 Å². The zero-order chi connectivity index (χ0) is 22.1. The van der Waals surface area contributed by atoms with Crippen molar-refractivity contribution < 1.29 is 19.1 Å². The topological polar surface area (TPSA) is 67.9 Å². The number of nitrogens with zero attached hydrogens (tertiary/aromatic N) is 1. The molecule has 1 N–H and O–H groups in total. The van der Waals surface area contributed by atoms with E-state index in [4.69, 9.17) is 9.47 Å². The molecule has 0 fully saturated rings. The summed E-state index contributed by atoms with van der Waals surface area (Å²) in [6.45, 7) is 6.34. The second-order valence-electron chi connectivity index (χ2n) is 7.51. The van der Waals surface area contributed by atoms with E-state index in [2.05, 4.69) is 5.32 Å². The number of amides is 2. The third kappa shape index (κ3) is 6.24. The van der Waals surface area contributed by atoms with Gasteiger partial charge in [0.05, 0.1) is 14.2 Å². The van der Waals surface area contributed by atoms with Crippen molar-refractivity contribution in [1.29, 1.82) is 0 Å². The van der Waals surface area contributed by atoms with Crippen molar-refractivity contribution >= 4 is 11.8 Å². The van der Waals surface area contributed by atoms with Crippen LogP contribution in [0.15, 0.2) is 48.5 Å². The van der Waals surface area contributed by atoms with E-state index in [-0.39, 0.29) is 17.7 Å². The highest BCUT2D eigenvalue weighted by Gasteiger charge is 2.27. The van der Waals surface area contributed by atoms with Gasteiger partial charge in [-0.25, -0.2) is 0 Å². The monoisotopic (exact) mass is 412 g/mol. The van der Waals surface area contributed by atoms with Crippen molar-refractivity contribution in [3.05, 3.63) is 59.7 Å². The smallest absolute Gasteiger partial charge is 0.242 e. The van der Waals surface area contributed by atoms with Crippen LogP contribution in [0.1, 0.15) is 31.9 Å². The van der Waals surface area contributed by atoms with Crippen LogP contribution in [0.4, 0.5) is 0 Å². The molecule has 6 heteroatoms. The van der Waals surface area contributed by atoms with Crippen LogP contribution < -0.4 is 14.8 Å². The van der Waals surface area contributed by atoms with E-state index in [0.29, 0.717) is 31.0 Å². The van der Waals surface area contributed by atoms with Crippen LogP contribution in [0.2, 0.25) is 0 Å². The summed E-state index contributed by atoms with van der Waals surface area (Å²) in [5.74, 6) is 0.937. The number of hydrogen-bond acceptors (Lipinski definition) is 4. The second kappa shape index (κ2) is 11.2. The normalized spacial score (nSPS) is 11.7. The van der Waals surface area contributed by atoms with Gasteiger partial charge in [0.25, 0.3) is 0 Å². The molecule has 0 radical (unpaired) electrons. The molecule has 6 nitrogen and oxygen atoms in total. The molecule has 0 aliphatic rings. The molecule has 0 spiro atoms. The van der Waals surface area contributed by atoms with E-state index in [1.165, 1.54) is 0 Å². The molecule has 0 aromatic heterocycles. The molecule has 30 heavy (non-hydrogen) atoms. The fraction of sp³-hybridized carbons (Fsp3) is 0.417. The average Bonchev–Trinajstić information content (AvgIpc) is 2.76. The minimum absolute atomic E-state index is 0.0404. The highest BCUT2D eigenvalue weighted by atomic mass is 16.5. The summed E-state index contributed by atoms with van der Waals surface area (Å²) in [7, 11) is 3.19. The van der Waals surface area contributed by atoms with Gasteiger partial charge < -0.3 is 19.7 Å². The maximum Gasteiger partial charge on any atom is 0.242 e. The maximum atomic E-state index is 12.8. The first-order valence-electron chi connectivity index (χ1n) is 10.2. The summed E-state index contributed by atoms with van der Waals surface area (Å²) < 4.78 is 10.6. The molecule has 1 atom stereocenters. The largest absolute Gasteiger partial charge is 0.493 e. The van der Waals surface area contributed by atoms with E-state index in [1.807, 2.05) is 62.4 Å². The zero-order valence-electron chi connectivity index (χ0n) is 18.5. The molecule has 0 unspecified atom stereocenters. The van der Waals surface area contributed by atoms with Gasteiger partial charge in [0, 0.05) is 19.0 Å². The van der Waals surface area contributed by atoms with E-state index in [0.717, 1.165) is 11.1 Å². The predicted molar refractivity (Wildman–Crippen MR) is 118 cm³/mol. The van der Waals surface area contributed by atoms with Crippen molar-refractivity contribution in [1.82, 2.24) is 10.2 Å². The lowest BCUT2D eigenvalue weighted by Gasteiger charge is -2.30. The summed E-state index contributed by atoms with van der Waals surface area (Å²) in [4.78, 5) is 27.2. The molecule has 0 aliphatic carbocycles. The molecule has 2 aromatic rings. The zero-order valence-corrected chi connectivity index (χ0v) is 18.5. The van der Waals surface area contributed by atoms with Crippen molar-refractivity contribution in [3.63, 3.8) is 0 Å². The van der Waals surface area contributed by atoms with Crippen molar-refractivity contribution in [2.75, 3.05) is 20.8 Å². The molecule has 162 valence electrons. The van der Waals surface area contributed by atoms with Crippen LogP contribution in [-0.2, 0) is 22.6 Å². The highest BCUT2D eigenvalue weighted by Crippen LogP contribution is 2.27. The van der Waals surface area contributed by atoms with Crippen molar-refractivity contribution in [3.8, 4) is 11.5 Å². The Morgan fingerprint density at radius 3 is 2.20 bits per heavy atom. The Labute approximate surface area is 179 Å². The lowest BCUT2D eigenvalue weighted by atomic mass is 10.1. The molecular weight excluding hydrogens is 380 g/mol. The first-order valence-corrected chi connectivity index (χ1v) is 10.2. The Hall–Kier alpha value is -3.02. The van der Waals surface area contributed by atoms with Crippen LogP contribution in [0.5, 0.6) is 11.5 Å². The SMILES string of the molecule is COc1ccc(CCNC(=O)[C@@H](C)N(Cc2ccccc2)C(=O)C(C)C)cc1OC. The number of methoxy groups -OCH3 is 2. The van der Waals surface area contributed by atoms with E-state index in [1.54, 1.807) is 26.0 Å². The lowest BCUT2D eigenvalue weighted by Crippen LogP contribution is -2.49. The molecule has 0 aliphatic heterocycles. The number of carbonyl (C=O) groups excluding carboxylic acids is 2. The number of ether oxygens (including phenoxy) is 2. The Morgan fingerprint density at radius 2 is 1.60 bits per heavy atom.